The fourth-order valence-electron chi connectivity index (χ4n) is 1.61. The molecule has 8 heteroatoms. The smallest absolute Gasteiger partial charge is 0.401 e. The highest BCUT2D eigenvalue weighted by molar-refractivity contribution is 5.77. The molecule has 0 spiro atoms. The van der Waals surface area contributed by atoms with Crippen molar-refractivity contribution < 1.29 is 22.7 Å². The Balaban J connectivity index is 2.10. The average Bonchev–Trinajstić information content (AvgIpc) is 2.81. The van der Waals surface area contributed by atoms with E-state index < -0.39 is 18.0 Å². The van der Waals surface area contributed by atoms with E-state index in [0.717, 1.165) is 32.0 Å². The quantitative estimate of drug-likeness (QED) is 0.756. The number of aromatic nitrogens is 2. The number of hydrogen-bond donors (Lipinski definition) is 0. The molecule has 2 rings (SSSR count). The minimum atomic E-state index is -5.03. The number of esters is 1. The monoisotopic (exact) mass is 261 g/mol. The van der Waals surface area contributed by atoms with E-state index in [2.05, 4.69) is 14.7 Å². The van der Waals surface area contributed by atoms with Crippen molar-refractivity contribution >= 4 is 11.9 Å². The van der Waals surface area contributed by atoms with Gasteiger partial charge in [-0.1, -0.05) is 0 Å². The topological polar surface area (TPSA) is 55.3 Å². The summed E-state index contributed by atoms with van der Waals surface area (Å²) in [4.78, 5) is 20.2. The van der Waals surface area contributed by atoms with Gasteiger partial charge in [-0.2, -0.15) is 18.2 Å². The van der Waals surface area contributed by atoms with Crippen LogP contribution in [0, 0.1) is 0 Å². The van der Waals surface area contributed by atoms with Gasteiger partial charge in [0.2, 0.25) is 11.8 Å². The molecule has 0 aromatic carbocycles. The third kappa shape index (κ3) is 2.88. The number of halogens is 3. The number of hydrogen-bond acceptors (Lipinski definition) is 5. The van der Waals surface area contributed by atoms with E-state index in [1.54, 1.807) is 0 Å². The van der Waals surface area contributed by atoms with Gasteiger partial charge in [0.1, 0.15) is 0 Å². The molecular formula is C10H10F3N3O2. The predicted octanol–water partition coefficient (Wildman–Crippen LogP) is 1.54. The summed E-state index contributed by atoms with van der Waals surface area (Å²) in [5, 5.41) is 0. The predicted molar refractivity (Wildman–Crippen MR) is 55.2 cm³/mol. The van der Waals surface area contributed by atoms with Crippen LogP contribution >= 0.6 is 0 Å². The lowest BCUT2D eigenvalue weighted by Crippen LogP contribution is -2.28. The Morgan fingerprint density at radius 2 is 2.00 bits per heavy atom. The van der Waals surface area contributed by atoms with E-state index in [0.29, 0.717) is 0 Å². The molecule has 0 bridgehead atoms. The average molecular weight is 261 g/mol. The highest BCUT2D eigenvalue weighted by Crippen LogP contribution is 2.21. The van der Waals surface area contributed by atoms with Gasteiger partial charge < -0.3 is 9.64 Å². The molecule has 0 radical (unpaired) electrons. The first-order chi connectivity index (χ1) is 8.47. The standard InChI is InChI=1S/C10H10F3N3O2/c11-10(12,13)8(17)18-7-3-4-14-9(15-7)16-5-1-2-6-16/h3-4H,1-2,5-6H2. The molecule has 0 saturated carbocycles. The van der Waals surface area contributed by atoms with Crippen molar-refractivity contribution in [3.63, 3.8) is 0 Å². The maximum Gasteiger partial charge on any atom is 0.491 e. The fourth-order valence-corrected chi connectivity index (χ4v) is 1.61. The van der Waals surface area contributed by atoms with Gasteiger partial charge in [-0.25, -0.2) is 9.78 Å². The molecule has 0 N–H and O–H groups in total. The van der Waals surface area contributed by atoms with E-state index in [4.69, 9.17) is 0 Å². The Kier molecular flexibility index (Phi) is 3.35. The first-order valence-electron chi connectivity index (χ1n) is 5.34. The van der Waals surface area contributed by atoms with E-state index in [9.17, 15) is 18.0 Å². The fraction of sp³-hybridized carbons (Fsp3) is 0.500. The molecule has 0 aliphatic carbocycles. The third-order valence-corrected chi connectivity index (χ3v) is 2.43. The number of carbonyl (C=O) groups excluding carboxylic acids is 1. The van der Waals surface area contributed by atoms with Crippen molar-refractivity contribution in [3.8, 4) is 5.88 Å². The van der Waals surface area contributed by atoms with Gasteiger partial charge in [0.05, 0.1) is 0 Å². The lowest BCUT2D eigenvalue weighted by Gasteiger charge is -2.15. The Bertz CT molecular complexity index is 444. The Morgan fingerprint density at radius 3 is 2.61 bits per heavy atom. The van der Waals surface area contributed by atoms with Gasteiger partial charge in [0.15, 0.2) is 0 Å². The zero-order valence-electron chi connectivity index (χ0n) is 9.28. The van der Waals surface area contributed by atoms with Gasteiger partial charge in [-0.05, 0) is 12.8 Å². The largest absolute Gasteiger partial charge is 0.491 e. The van der Waals surface area contributed by atoms with Crippen LogP contribution in [0.25, 0.3) is 0 Å². The Labute approximate surface area is 101 Å². The minimum Gasteiger partial charge on any atom is -0.401 e. The van der Waals surface area contributed by atoms with E-state index in [-0.39, 0.29) is 5.95 Å². The highest BCUT2D eigenvalue weighted by Gasteiger charge is 2.41. The van der Waals surface area contributed by atoms with Gasteiger partial charge in [0, 0.05) is 25.4 Å². The van der Waals surface area contributed by atoms with Crippen molar-refractivity contribution in [1.82, 2.24) is 9.97 Å². The molecular weight excluding hydrogens is 251 g/mol. The Hall–Kier alpha value is -1.86. The third-order valence-electron chi connectivity index (χ3n) is 2.43. The summed E-state index contributed by atoms with van der Waals surface area (Å²) < 4.78 is 40.2. The summed E-state index contributed by atoms with van der Waals surface area (Å²) in [5.41, 5.74) is 0. The normalized spacial score (nSPS) is 15.8. The first-order valence-corrected chi connectivity index (χ1v) is 5.34. The number of carbonyl (C=O) groups is 1. The van der Waals surface area contributed by atoms with Crippen LogP contribution in [0.2, 0.25) is 0 Å². The lowest BCUT2D eigenvalue weighted by molar-refractivity contribution is -0.190. The zero-order valence-corrected chi connectivity index (χ0v) is 9.28. The van der Waals surface area contributed by atoms with Crippen LogP contribution in [-0.2, 0) is 4.79 Å². The van der Waals surface area contributed by atoms with Crippen molar-refractivity contribution in [2.24, 2.45) is 0 Å². The van der Waals surface area contributed by atoms with Gasteiger partial charge in [0.25, 0.3) is 0 Å². The summed E-state index contributed by atoms with van der Waals surface area (Å²) >= 11 is 0. The summed E-state index contributed by atoms with van der Waals surface area (Å²) in [6, 6.07) is 1.11. The van der Waals surface area contributed by atoms with Gasteiger partial charge in [-0.15, -0.1) is 0 Å². The van der Waals surface area contributed by atoms with Crippen LogP contribution < -0.4 is 9.64 Å². The maximum absolute atomic E-state index is 12.0. The number of ether oxygens (including phenoxy) is 1. The van der Waals surface area contributed by atoms with Crippen LogP contribution in [0.4, 0.5) is 19.1 Å². The van der Waals surface area contributed by atoms with Gasteiger partial charge in [-0.3, -0.25) is 0 Å². The van der Waals surface area contributed by atoms with E-state index >= 15 is 0 Å². The summed E-state index contributed by atoms with van der Waals surface area (Å²) in [7, 11) is 0. The van der Waals surface area contributed by atoms with Crippen LogP contribution in [0.1, 0.15) is 12.8 Å². The van der Waals surface area contributed by atoms with Crippen molar-refractivity contribution in [3.05, 3.63) is 12.3 Å². The molecule has 1 aliphatic rings. The second kappa shape index (κ2) is 4.79. The van der Waals surface area contributed by atoms with Crippen molar-refractivity contribution in [2.75, 3.05) is 18.0 Å². The Morgan fingerprint density at radius 1 is 1.33 bits per heavy atom. The second-order valence-electron chi connectivity index (χ2n) is 3.78. The number of alkyl halides is 3. The number of anilines is 1. The van der Waals surface area contributed by atoms with Crippen LogP contribution in [0.3, 0.4) is 0 Å². The summed E-state index contributed by atoms with van der Waals surface area (Å²) in [6.45, 7) is 1.49. The molecule has 18 heavy (non-hydrogen) atoms. The summed E-state index contributed by atoms with van der Waals surface area (Å²) in [5.74, 6) is -2.40. The lowest BCUT2D eigenvalue weighted by atomic mass is 10.4. The minimum absolute atomic E-state index is 0.278. The van der Waals surface area contributed by atoms with Gasteiger partial charge >= 0.3 is 12.1 Å². The summed E-state index contributed by atoms with van der Waals surface area (Å²) in [6.07, 6.45) is -1.80. The molecule has 0 amide bonds. The van der Waals surface area contributed by atoms with E-state index in [1.165, 1.54) is 6.20 Å². The highest BCUT2D eigenvalue weighted by atomic mass is 19.4. The molecule has 1 aromatic heterocycles. The van der Waals surface area contributed by atoms with Crippen LogP contribution in [0.5, 0.6) is 5.88 Å². The van der Waals surface area contributed by atoms with Crippen molar-refractivity contribution in [2.45, 2.75) is 19.0 Å². The maximum atomic E-state index is 12.0. The number of nitrogens with zero attached hydrogens (tertiary/aromatic N) is 3. The molecule has 1 aliphatic heterocycles. The SMILES string of the molecule is O=C(Oc1ccnc(N2CCCC2)n1)C(F)(F)F. The molecule has 2 heterocycles. The molecule has 0 unspecified atom stereocenters. The zero-order chi connectivity index (χ0) is 13.2. The molecule has 5 nitrogen and oxygen atoms in total. The molecule has 0 atom stereocenters. The first kappa shape index (κ1) is 12.6. The molecule has 1 aromatic rings. The van der Waals surface area contributed by atoms with Crippen LogP contribution in [-0.4, -0.2) is 35.2 Å². The van der Waals surface area contributed by atoms with Crippen molar-refractivity contribution in [1.29, 1.82) is 0 Å². The van der Waals surface area contributed by atoms with E-state index in [1.807, 2.05) is 4.90 Å². The second-order valence-corrected chi connectivity index (χ2v) is 3.78. The van der Waals surface area contributed by atoms with Crippen LogP contribution in [0.15, 0.2) is 12.3 Å². The molecule has 98 valence electrons. The molecule has 1 fully saturated rings. The number of rotatable bonds is 2. The molecule has 1 saturated heterocycles.